The van der Waals surface area contributed by atoms with E-state index >= 15 is 0 Å². The van der Waals surface area contributed by atoms with Crippen molar-refractivity contribution in [2.24, 2.45) is 5.92 Å². The number of amides is 1. The molecule has 5 nitrogen and oxygen atoms in total. The maximum absolute atomic E-state index is 13.2. The average Bonchev–Trinajstić information content (AvgIpc) is 2.72. The van der Waals surface area contributed by atoms with E-state index in [4.69, 9.17) is 0 Å². The van der Waals surface area contributed by atoms with Gasteiger partial charge in [-0.1, -0.05) is 53.4 Å². The number of hydrogen-bond acceptors (Lipinski definition) is 3. The van der Waals surface area contributed by atoms with Crippen molar-refractivity contribution in [3.8, 4) is 0 Å². The summed E-state index contributed by atoms with van der Waals surface area (Å²) in [6.07, 6.45) is 5.91. The molecule has 0 aliphatic heterocycles. The van der Waals surface area contributed by atoms with Gasteiger partial charge in [0.25, 0.3) is 10.0 Å². The van der Waals surface area contributed by atoms with E-state index in [0.717, 1.165) is 17.3 Å². The zero-order valence-electron chi connectivity index (χ0n) is 15.7. The molecule has 1 saturated carbocycles. The second-order valence-electron chi connectivity index (χ2n) is 7.11. The number of halogens is 1. The molecule has 1 aliphatic rings. The number of anilines is 1. The van der Waals surface area contributed by atoms with E-state index in [9.17, 15) is 13.2 Å². The van der Waals surface area contributed by atoms with Crippen LogP contribution in [0.3, 0.4) is 0 Å². The summed E-state index contributed by atoms with van der Waals surface area (Å²) in [7, 11) is -3.85. The largest absolute Gasteiger partial charge is 0.354 e. The molecule has 1 fully saturated rings. The number of rotatable bonds is 7. The summed E-state index contributed by atoms with van der Waals surface area (Å²) < 4.78 is 28.4. The summed E-state index contributed by atoms with van der Waals surface area (Å²) in [6.45, 7) is 0.365. The Morgan fingerprint density at radius 3 is 2.29 bits per heavy atom. The molecule has 1 N–H and O–H groups in total. The zero-order valence-corrected chi connectivity index (χ0v) is 18.1. The number of nitrogens with one attached hydrogen (secondary N) is 1. The molecular formula is C21H25BrN2O3S. The first-order valence-corrected chi connectivity index (χ1v) is 11.8. The van der Waals surface area contributed by atoms with Crippen LogP contribution in [-0.2, 0) is 14.8 Å². The highest BCUT2D eigenvalue weighted by atomic mass is 79.9. The molecule has 0 heterocycles. The van der Waals surface area contributed by atoms with Crippen molar-refractivity contribution in [1.29, 1.82) is 0 Å². The molecule has 0 spiro atoms. The van der Waals surface area contributed by atoms with Gasteiger partial charge in [0.2, 0.25) is 5.91 Å². The third kappa shape index (κ3) is 5.35. The van der Waals surface area contributed by atoms with Gasteiger partial charge >= 0.3 is 0 Å². The normalized spacial score (nSPS) is 15.2. The minimum Gasteiger partial charge on any atom is -0.354 e. The summed E-state index contributed by atoms with van der Waals surface area (Å²) in [6, 6.07) is 15.1. The van der Waals surface area contributed by atoms with Gasteiger partial charge in [-0.2, -0.15) is 0 Å². The number of benzene rings is 2. The number of hydrogen-bond donors (Lipinski definition) is 1. The van der Waals surface area contributed by atoms with Crippen molar-refractivity contribution >= 4 is 37.5 Å². The topological polar surface area (TPSA) is 66.5 Å². The molecule has 0 bridgehead atoms. The van der Waals surface area contributed by atoms with Gasteiger partial charge in [0.05, 0.1) is 10.6 Å². The minimum absolute atomic E-state index is 0.165. The van der Waals surface area contributed by atoms with Crippen molar-refractivity contribution in [2.45, 2.75) is 37.0 Å². The van der Waals surface area contributed by atoms with Crippen LogP contribution in [0.15, 0.2) is 64.0 Å². The SMILES string of the molecule is O=C(CN(c1ccc(Br)cc1)S(=O)(=O)c1ccccc1)NCC1CCCCC1. The lowest BCUT2D eigenvalue weighted by Crippen LogP contribution is -2.42. The minimum atomic E-state index is -3.85. The van der Waals surface area contributed by atoms with Crippen LogP contribution in [0, 0.1) is 5.92 Å². The highest BCUT2D eigenvalue weighted by Gasteiger charge is 2.27. The Morgan fingerprint density at radius 2 is 1.64 bits per heavy atom. The van der Waals surface area contributed by atoms with Crippen LogP contribution < -0.4 is 9.62 Å². The van der Waals surface area contributed by atoms with E-state index in [0.29, 0.717) is 18.2 Å². The summed E-state index contributed by atoms with van der Waals surface area (Å²) in [5.74, 6) is 0.206. The summed E-state index contributed by atoms with van der Waals surface area (Å²) in [5.41, 5.74) is 0.458. The van der Waals surface area contributed by atoms with Crippen molar-refractivity contribution in [2.75, 3.05) is 17.4 Å². The maximum Gasteiger partial charge on any atom is 0.264 e. The lowest BCUT2D eigenvalue weighted by Gasteiger charge is -2.25. The number of nitrogens with zero attached hydrogens (tertiary/aromatic N) is 1. The predicted octanol–water partition coefficient (Wildman–Crippen LogP) is 4.34. The Balaban J connectivity index is 1.78. The molecule has 0 unspecified atom stereocenters. The molecule has 2 aromatic carbocycles. The third-order valence-corrected chi connectivity index (χ3v) is 7.36. The first-order valence-electron chi connectivity index (χ1n) is 9.57. The molecule has 0 atom stereocenters. The van der Waals surface area contributed by atoms with Crippen LogP contribution >= 0.6 is 15.9 Å². The van der Waals surface area contributed by atoms with Crippen molar-refractivity contribution < 1.29 is 13.2 Å². The molecule has 0 radical (unpaired) electrons. The van der Waals surface area contributed by atoms with E-state index in [2.05, 4.69) is 21.2 Å². The Bertz CT molecular complexity index is 880. The quantitative estimate of drug-likeness (QED) is 0.662. The smallest absolute Gasteiger partial charge is 0.264 e. The third-order valence-electron chi connectivity index (χ3n) is 5.05. The van der Waals surface area contributed by atoms with Crippen LogP contribution in [0.2, 0.25) is 0 Å². The van der Waals surface area contributed by atoms with Gasteiger partial charge in [0.1, 0.15) is 6.54 Å². The fraction of sp³-hybridized carbons (Fsp3) is 0.381. The van der Waals surface area contributed by atoms with E-state index in [1.807, 2.05) is 0 Å². The number of carbonyl (C=O) groups excluding carboxylic acids is 1. The van der Waals surface area contributed by atoms with E-state index in [1.165, 1.54) is 23.6 Å². The van der Waals surface area contributed by atoms with Crippen molar-refractivity contribution in [3.63, 3.8) is 0 Å². The van der Waals surface area contributed by atoms with Crippen LogP contribution in [0.5, 0.6) is 0 Å². The number of carbonyl (C=O) groups is 1. The molecule has 28 heavy (non-hydrogen) atoms. The summed E-state index contributed by atoms with van der Waals surface area (Å²) >= 11 is 3.36. The molecule has 2 aromatic rings. The molecule has 150 valence electrons. The van der Waals surface area contributed by atoms with Crippen LogP contribution in [0.1, 0.15) is 32.1 Å². The van der Waals surface area contributed by atoms with E-state index in [1.54, 1.807) is 54.6 Å². The lowest BCUT2D eigenvalue weighted by atomic mass is 9.89. The van der Waals surface area contributed by atoms with Gasteiger partial charge in [-0.15, -0.1) is 0 Å². The highest BCUT2D eigenvalue weighted by molar-refractivity contribution is 9.10. The van der Waals surface area contributed by atoms with Crippen molar-refractivity contribution in [1.82, 2.24) is 5.32 Å². The molecule has 3 rings (SSSR count). The fourth-order valence-electron chi connectivity index (χ4n) is 3.48. The Hall–Kier alpha value is -1.86. The average molecular weight is 465 g/mol. The van der Waals surface area contributed by atoms with Gasteiger partial charge in [-0.3, -0.25) is 9.10 Å². The van der Waals surface area contributed by atoms with Crippen LogP contribution in [-0.4, -0.2) is 27.4 Å². The summed E-state index contributed by atoms with van der Waals surface area (Å²) in [4.78, 5) is 12.8. The van der Waals surface area contributed by atoms with Crippen molar-refractivity contribution in [3.05, 3.63) is 59.1 Å². The van der Waals surface area contributed by atoms with Crippen LogP contribution in [0.4, 0.5) is 5.69 Å². The second kappa shape index (κ2) is 9.56. The number of sulfonamides is 1. The van der Waals surface area contributed by atoms with Gasteiger partial charge < -0.3 is 5.32 Å². The molecular weight excluding hydrogens is 440 g/mol. The molecule has 1 aliphatic carbocycles. The molecule has 0 saturated heterocycles. The standard InChI is InChI=1S/C21H25BrN2O3S/c22-18-11-13-19(14-12-18)24(28(26,27)20-9-5-2-6-10-20)16-21(25)23-15-17-7-3-1-4-8-17/h2,5-6,9-14,17H,1,3-4,7-8,15-16H2,(H,23,25). The Labute approximate surface area is 175 Å². The van der Waals surface area contributed by atoms with Gasteiger partial charge in [0.15, 0.2) is 0 Å². The highest BCUT2D eigenvalue weighted by Crippen LogP contribution is 2.25. The monoisotopic (exact) mass is 464 g/mol. The summed E-state index contributed by atoms with van der Waals surface area (Å²) in [5, 5.41) is 2.93. The van der Waals surface area contributed by atoms with Gasteiger partial charge in [0, 0.05) is 11.0 Å². The lowest BCUT2D eigenvalue weighted by molar-refractivity contribution is -0.119. The first-order chi connectivity index (χ1) is 13.5. The van der Waals surface area contributed by atoms with E-state index in [-0.39, 0.29) is 17.3 Å². The molecule has 7 heteroatoms. The maximum atomic E-state index is 13.2. The Kier molecular flexibility index (Phi) is 7.13. The Morgan fingerprint density at radius 1 is 1.00 bits per heavy atom. The van der Waals surface area contributed by atoms with E-state index < -0.39 is 10.0 Å². The first kappa shape index (κ1) is 20.9. The molecule has 1 amide bonds. The van der Waals surface area contributed by atoms with Crippen LogP contribution in [0.25, 0.3) is 0 Å². The zero-order chi connectivity index (χ0) is 20.0. The van der Waals surface area contributed by atoms with Gasteiger partial charge in [-0.05, 0) is 55.2 Å². The molecule has 0 aromatic heterocycles. The van der Waals surface area contributed by atoms with Gasteiger partial charge in [-0.25, -0.2) is 8.42 Å². The predicted molar refractivity (Wildman–Crippen MR) is 115 cm³/mol. The fourth-order valence-corrected chi connectivity index (χ4v) is 5.18. The second-order valence-corrected chi connectivity index (χ2v) is 9.89.